The number of rotatable bonds is 5. The van der Waals surface area contributed by atoms with E-state index in [1.165, 1.54) is 0 Å². The van der Waals surface area contributed by atoms with Gasteiger partial charge < -0.3 is 9.84 Å². The molecule has 0 aromatic heterocycles. The summed E-state index contributed by atoms with van der Waals surface area (Å²) < 4.78 is 5.21. The van der Waals surface area contributed by atoms with Gasteiger partial charge >= 0.3 is 5.97 Å². The fourth-order valence-corrected chi connectivity index (χ4v) is 7.28. The predicted molar refractivity (Wildman–Crippen MR) is 112 cm³/mol. The maximum atomic E-state index is 13.0. The third-order valence-electron chi connectivity index (χ3n) is 8.74. The minimum absolute atomic E-state index is 0.0316. The Labute approximate surface area is 178 Å². The van der Waals surface area contributed by atoms with E-state index in [-0.39, 0.29) is 34.4 Å². The van der Waals surface area contributed by atoms with Crippen LogP contribution >= 0.6 is 0 Å². The Bertz CT molecular complexity index is 810. The van der Waals surface area contributed by atoms with Gasteiger partial charge in [0, 0.05) is 17.3 Å². The first kappa shape index (κ1) is 21.5. The number of allylic oxidation sites excluding steroid dienone is 4. The number of aliphatic hydroxyl groups is 1. The first-order valence-electron chi connectivity index (χ1n) is 11.6. The van der Waals surface area contributed by atoms with Gasteiger partial charge in [-0.15, -0.1) is 0 Å². The molecule has 5 nitrogen and oxygen atoms in total. The van der Waals surface area contributed by atoms with E-state index in [0.29, 0.717) is 25.4 Å². The summed E-state index contributed by atoms with van der Waals surface area (Å²) in [7, 11) is 0. The van der Waals surface area contributed by atoms with Crippen LogP contribution < -0.4 is 0 Å². The van der Waals surface area contributed by atoms with Crippen molar-refractivity contribution in [3.05, 3.63) is 23.8 Å². The molecule has 1 N–H and O–H groups in total. The Kier molecular flexibility index (Phi) is 5.54. The lowest BCUT2D eigenvalue weighted by atomic mass is 9.46. The van der Waals surface area contributed by atoms with Crippen molar-refractivity contribution >= 4 is 17.5 Å². The zero-order chi connectivity index (χ0) is 21.7. The minimum atomic E-state index is -0.707. The summed E-state index contributed by atoms with van der Waals surface area (Å²) in [5, 5.41) is 11.3. The quantitative estimate of drug-likeness (QED) is 0.420. The Morgan fingerprint density at radius 3 is 2.73 bits per heavy atom. The van der Waals surface area contributed by atoms with Crippen LogP contribution in [0.15, 0.2) is 23.8 Å². The molecule has 0 heterocycles. The molecule has 0 amide bonds. The highest BCUT2D eigenvalue weighted by Gasteiger charge is 2.63. The van der Waals surface area contributed by atoms with Crippen LogP contribution in [-0.2, 0) is 19.1 Å². The van der Waals surface area contributed by atoms with E-state index in [2.05, 4.69) is 13.8 Å². The number of Topliss-reactive ketones (excluding diaryl/α,β-unsaturated/α-hetero) is 1. The average Bonchev–Trinajstić information content (AvgIpc) is 3.04. The zero-order valence-electron chi connectivity index (χ0n) is 18.4. The van der Waals surface area contributed by atoms with Crippen molar-refractivity contribution < 1.29 is 24.2 Å². The number of fused-ring (bicyclic) bond motifs is 5. The molecule has 4 aliphatic rings. The number of unbranched alkanes of at least 4 members (excludes halogenated alkanes) is 1. The number of aliphatic hydroxyl groups excluding tert-OH is 1. The van der Waals surface area contributed by atoms with E-state index >= 15 is 0 Å². The molecule has 0 aromatic carbocycles. The zero-order valence-corrected chi connectivity index (χ0v) is 18.4. The molecular formula is C25H34O5. The van der Waals surface area contributed by atoms with Gasteiger partial charge in [0.1, 0.15) is 0 Å². The molecule has 0 saturated heterocycles. The van der Waals surface area contributed by atoms with Crippen LogP contribution in [0.25, 0.3) is 0 Å². The molecular weight excluding hydrogens is 380 g/mol. The topological polar surface area (TPSA) is 80.7 Å². The maximum Gasteiger partial charge on any atom is 0.374 e. The lowest BCUT2D eigenvalue weighted by molar-refractivity contribution is -0.161. The molecule has 0 bridgehead atoms. The highest BCUT2D eigenvalue weighted by Crippen LogP contribution is 2.66. The van der Waals surface area contributed by atoms with Gasteiger partial charge in [0.15, 0.2) is 5.78 Å². The number of carbonyl (C=O) groups excluding carboxylic acids is 3. The first-order chi connectivity index (χ1) is 14.2. The van der Waals surface area contributed by atoms with Gasteiger partial charge in [-0.3, -0.25) is 9.59 Å². The van der Waals surface area contributed by atoms with E-state index in [4.69, 9.17) is 4.74 Å². The Balaban J connectivity index is 1.57. The van der Waals surface area contributed by atoms with Crippen LogP contribution in [0.2, 0.25) is 0 Å². The van der Waals surface area contributed by atoms with Gasteiger partial charge in [0.25, 0.3) is 0 Å². The molecule has 0 unspecified atom stereocenters. The average molecular weight is 415 g/mol. The van der Waals surface area contributed by atoms with Gasteiger partial charge in [-0.25, -0.2) is 4.79 Å². The van der Waals surface area contributed by atoms with Crippen molar-refractivity contribution in [3.8, 4) is 0 Å². The normalized spacial score (nSPS) is 42.1. The lowest BCUT2D eigenvalue weighted by Gasteiger charge is -2.58. The van der Waals surface area contributed by atoms with Crippen molar-refractivity contribution in [2.45, 2.75) is 71.8 Å². The summed E-state index contributed by atoms with van der Waals surface area (Å²) in [5.74, 6) is -0.829. The molecule has 5 heteroatoms. The minimum Gasteiger partial charge on any atom is -0.460 e. The molecule has 0 radical (unpaired) electrons. The molecule has 3 saturated carbocycles. The van der Waals surface area contributed by atoms with E-state index in [0.717, 1.165) is 37.7 Å². The summed E-state index contributed by atoms with van der Waals surface area (Å²) in [6.45, 7) is 6.55. The third kappa shape index (κ3) is 3.21. The van der Waals surface area contributed by atoms with Crippen molar-refractivity contribution in [1.82, 2.24) is 0 Å². The number of carbonyl (C=O) groups is 3. The Morgan fingerprint density at radius 2 is 2.00 bits per heavy atom. The number of ketones is 2. The second kappa shape index (κ2) is 7.74. The van der Waals surface area contributed by atoms with Crippen LogP contribution in [0.3, 0.4) is 0 Å². The predicted octanol–water partition coefficient (Wildman–Crippen LogP) is 3.79. The largest absolute Gasteiger partial charge is 0.460 e. The summed E-state index contributed by atoms with van der Waals surface area (Å²) in [5.41, 5.74) is 0.440. The SMILES string of the molecule is CCCCOC(=O)C(=O)[C@H]1CC[C@H]2[C@@H]3CCC4=CC(=O)C=C[C@]4(C)[C@H]3[C@@H](O)C[C@]12C. The van der Waals surface area contributed by atoms with E-state index < -0.39 is 17.9 Å². The maximum absolute atomic E-state index is 13.0. The summed E-state index contributed by atoms with van der Waals surface area (Å²) >= 11 is 0. The molecule has 30 heavy (non-hydrogen) atoms. The second-order valence-electron chi connectivity index (χ2n) is 10.3. The van der Waals surface area contributed by atoms with E-state index in [9.17, 15) is 19.5 Å². The standard InChI is InChI=1S/C25H34O5/c1-4-5-12-30-23(29)22(28)19-9-8-18-17-7-6-15-13-16(26)10-11-24(15,2)21(17)20(27)14-25(18,19)3/h10-11,13,17-21,27H,4-9,12,14H2,1-3H3/t17-,18-,19+,20-,21+,24-,25-/m0/s1. The molecule has 0 aromatic rings. The van der Waals surface area contributed by atoms with E-state index in [1.807, 2.05) is 13.0 Å². The molecule has 4 aliphatic carbocycles. The molecule has 164 valence electrons. The lowest BCUT2D eigenvalue weighted by Crippen LogP contribution is -2.56. The highest BCUT2D eigenvalue weighted by molar-refractivity contribution is 6.34. The van der Waals surface area contributed by atoms with Gasteiger partial charge in [-0.2, -0.15) is 0 Å². The molecule has 4 rings (SSSR count). The Hall–Kier alpha value is -1.75. The number of hydrogen-bond donors (Lipinski definition) is 1. The molecule has 0 aliphatic heterocycles. The summed E-state index contributed by atoms with van der Waals surface area (Å²) in [6.07, 6.45) is 10.4. The fourth-order valence-electron chi connectivity index (χ4n) is 7.28. The Morgan fingerprint density at radius 1 is 1.23 bits per heavy atom. The van der Waals surface area contributed by atoms with Crippen LogP contribution in [0.5, 0.6) is 0 Å². The number of ether oxygens (including phenoxy) is 1. The molecule has 3 fully saturated rings. The van der Waals surface area contributed by atoms with Gasteiger partial charge in [0.05, 0.1) is 12.7 Å². The summed E-state index contributed by atoms with van der Waals surface area (Å²) in [4.78, 5) is 37.3. The second-order valence-corrected chi connectivity index (χ2v) is 10.3. The van der Waals surface area contributed by atoms with Gasteiger partial charge in [-0.05, 0) is 67.9 Å². The van der Waals surface area contributed by atoms with Gasteiger partial charge in [0.2, 0.25) is 5.78 Å². The highest BCUT2D eigenvalue weighted by atomic mass is 16.5. The van der Waals surface area contributed by atoms with Crippen LogP contribution in [0, 0.1) is 34.5 Å². The van der Waals surface area contributed by atoms with Crippen molar-refractivity contribution in [2.75, 3.05) is 6.61 Å². The van der Waals surface area contributed by atoms with Crippen LogP contribution in [0.4, 0.5) is 0 Å². The number of hydrogen-bond acceptors (Lipinski definition) is 5. The van der Waals surface area contributed by atoms with Crippen LogP contribution in [0.1, 0.15) is 65.7 Å². The van der Waals surface area contributed by atoms with Crippen molar-refractivity contribution in [2.24, 2.45) is 34.5 Å². The molecule has 0 spiro atoms. The van der Waals surface area contributed by atoms with E-state index in [1.54, 1.807) is 12.2 Å². The van der Waals surface area contributed by atoms with Crippen LogP contribution in [-0.4, -0.2) is 35.4 Å². The first-order valence-corrected chi connectivity index (χ1v) is 11.6. The third-order valence-corrected chi connectivity index (χ3v) is 8.74. The van der Waals surface area contributed by atoms with Gasteiger partial charge in [-0.1, -0.05) is 38.8 Å². The number of esters is 1. The fraction of sp³-hybridized carbons (Fsp3) is 0.720. The van der Waals surface area contributed by atoms with Crippen molar-refractivity contribution in [3.63, 3.8) is 0 Å². The monoisotopic (exact) mass is 414 g/mol. The molecule has 7 atom stereocenters. The smallest absolute Gasteiger partial charge is 0.374 e. The van der Waals surface area contributed by atoms with Crippen molar-refractivity contribution in [1.29, 1.82) is 0 Å². The summed E-state index contributed by atoms with van der Waals surface area (Å²) in [6, 6.07) is 0.